The van der Waals surface area contributed by atoms with Crippen LogP contribution in [0.2, 0.25) is 0 Å². The van der Waals surface area contributed by atoms with Gasteiger partial charge in [-0.2, -0.15) is 0 Å². The first-order valence-corrected chi connectivity index (χ1v) is 1.35. The SMILES string of the molecule is [Li+].[c-]1c[nH]cn1. The number of rotatable bonds is 0. The molecule has 0 aromatic carbocycles. The molecule has 0 amide bonds. The molecule has 0 fully saturated rings. The molecular weight excluding hydrogens is 71.0 g/mol. The molecule has 1 aromatic rings. The van der Waals surface area contributed by atoms with Crippen LogP contribution in [0.4, 0.5) is 0 Å². The molecule has 0 aliphatic rings. The molecule has 26 valence electrons. The van der Waals surface area contributed by atoms with Crippen molar-refractivity contribution in [2.75, 3.05) is 0 Å². The van der Waals surface area contributed by atoms with E-state index in [4.69, 9.17) is 0 Å². The minimum absolute atomic E-state index is 0. The van der Waals surface area contributed by atoms with Crippen molar-refractivity contribution in [2.24, 2.45) is 0 Å². The van der Waals surface area contributed by atoms with Gasteiger partial charge in [0.1, 0.15) is 0 Å². The van der Waals surface area contributed by atoms with Crippen LogP contribution in [0.3, 0.4) is 0 Å². The molecular formula is C3H3LiN2. The van der Waals surface area contributed by atoms with Gasteiger partial charge in [-0.15, -0.1) is 6.20 Å². The van der Waals surface area contributed by atoms with E-state index >= 15 is 0 Å². The van der Waals surface area contributed by atoms with Crippen LogP contribution < -0.4 is 18.9 Å². The van der Waals surface area contributed by atoms with Crippen molar-refractivity contribution in [1.29, 1.82) is 0 Å². The Hall–Kier alpha value is -0.193. The van der Waals surface area contributed by atoms with E-state index in [1.54, 1.807) is 12.5 Å². The van der Waals surface area contributed by atoms with Crippen LogP contribution >= 0.6 is 0 Å². The van der Waals surface area contributed by atoms with Gasteiger partial charge in [0.2, 0.25) is 0 Å². The standard InChI is InChI=1S/C3H3N2.Li/c1-2-5-3-4-1;/h1,3H,(H,4,5);/q-1;+1. The van der Waals surface area contributed by atoms with Crippen LogP contribution in [-0.4, -0.2) is 9.97 Å². The van der Waals surface area contributed by atoms with Gasteiger partial charge in [0, 0.05) is 0 Å². The van der Waals surface area contributed by atoms with E-state index in [2.05, 4.69) is 16.2 Å². The summed E-state index contributed by atoms with van der Waals surface area (Å²) in [4.78, 5) is 6.24. The Bertz CT molecular complexity index is 65.3. The second-order valence-corrected chi connectivity index (χ2v) is 0.698. The van der Waals surface area contributed by atoms with E-state index in [9.17, 15) is 0 Å². The van der Waals surface area contributed by atoms with Gasteiger partial charge in [0.25, 0.3) is 0 Å². The van der Waals surface area contributed by atoms with Gasteiger partial charge < -0.3 is 9.97 Å². The van der Waals surface area contributed by atoms with Crippen molar-refractivity contribution in [3.63, 3.8) is 0 Å². The molecule has 0 atom stereocenters. The van der Waals surface area contributed by atoms with Crippen molar-refractivity contribution < 1.29 is 18.9 Å². The van der Waals surface area contributed by atoms with Crippen molar-refractivity contribution in [1.82, 2.24) is 9.97 Å². The largest absolute Gasteiger partial charge is 1.00 e. The number of hydrogen-bond donors (Lipinski definition) is 1. The number of imidazole rings is 1. The number of H-pyrrole nitrogens is 1. The van der Waals surface area contributed by atoms with Crippen molar-refractivity contribution in [3.8, 4) is 0 Å². The van der Waals surface area contributed by atoms with E-state index in [0.29, 0.717) is 0 Å². The van der Waals surface area contributed by atoms with Crippen molar-refractivity contribution in [3.05, 3.63) is 18.7 Å². The zero-order chi connectivity index (χ0) is 3.54. The number of aromatic amines is 1. The molecule has 1 N–H and O–H groups in total. The molecule has 1 aromatic heterocycles. The summed E-state index contributed by atoms with van der Waals surface area (Å²) in [6.45, 7) is 0. The van der Waals surface area contributed by atoms with Gasteiger partial charge in [-0.05, 0) is 0 Å². The van der Waals surface area contributed by atoms with E-state index < -0.39 is 0 Å². The fourth-order valence-corrected chi connectivity index (χ4v) is 0.186. The van der Waals surface area contributed by atoms with Crippen LogP contribution in [0.25, 0.3) is 0 Å². The maximum Gasteiger partial charge on any atom is 1.00 e. The molecule has 0 aliphatic heterocycles. The molecule has 2 nitrogen and oxygen atoms in total. The van der Waals surface area contributed by atoms with Gasteiger partial charge in [-0.25, -0.2) is 0 Å². The van der Waals surface area contributed by atoms with E-state index in [1.165, 1.54) is 0 Å². The van der Waals surface area contributed by atoms with E-state index in [0.717, 1.165) is 0 Å². The first kappa shape index (κ1) is 5.81. The first-order valence-electron chi connectivity index (χ1n) is 1.35. The number of hydrogen-bond acceptors (Lipinski definition) is 1. The predicted octanol–water partition coefficient (Wildman–Crippen LogP) is -2.79. The van der Waals surface area contributed by atoms with Crippen LogP contribution in [0.5, 0.6) is 0 Å². The second kappa shape index (κ2) is 3.02. The predicted molar refractivity (Wildman–Crippen MR) is 17.4 cm³/mol. The zero-order valence-electron chi connectivity index (χ0n) is 3.60. The van der Waals surface area contributed by atoms with Gasteiger partial charge in [0.05, 0.1) is 0 Å². The summed E-state index contributed by atoms with van der Waals surface area (Å²) in [7, 11) is 0. The summed E-state index contributed by atoms with van der Waals surface area (Å²) in [6, 6.07) is 0. The molecule has 0 radical (unpaired) electrons. The molecule has 0 saturated heterocycles. The molecule has 1 heterocycles. The van der Waals surface area contributed by atoms with Gasteiger partial charge in [-0.3, -0.25) is 0 Å². The Morgan fingerprint density at radius 1 is 1.67 bits per heavy atom. The Labute approximate surface area is 48.2 Å². The third-order valence-electron chi connectivity index (χ3n) is 0.362. The maximum atomic E-state index is 3.54. The van der Waals surface area contributed by atoms with Crippen molar-refractivity contribution >= 4 is 0 Å². The van der Waals surface area contributed by atoms with Crippen LogP contribution in [0.1, 0.15) is 0 Å². The maximum absolute atomic E-state index is 3.54. The summed E-state index contributed by atoms with van der Waals surface area (Å²) in [5, 5.41) is 0. The van der Waals surface area contributed by atoms with Gasteiger partial charge >= 0.3 is 18.9 Å². The summed E-state index contributed by atoms with van der Waals surface area (Å²) >= 11 is 0. The third kappa shape index (κ3) is 1.30. The molecule has 1 rings (SSSR count). The molecule has 6 heavy (non-hydrogen) atoms. The Morgan fingerprint density at radius 2 is 2.50 bits per heavy atom. The van der Waals surface area contributed by atoms with Crippen LogP contribution in [-0.2, 0) is 0 Å². The van der Waals surface area contributed by atoms with E-state index in [1.807, 2.05) is 0 Å². The quantitative estimate of drug-likeness (QED) is 0.261. The number of nitrogens with zero attached hydrogens (tertiary/aromatic N) is 1. The first-order chi connectivity index (χ1) is 2.50. The summed E-state index contributed by atoms with van der Waals surface area (Å²) in [5.41, 5.74) is 0. The van der Waals surface area contributed by atoms with Gasteiger partial charge in [-0.1, -0.05) is 12.5 Å². The minimum atomic E-state index is 0. The van der Waals surface area contributed by atoms with E-state index in [-0.39, 0.29) is 18.9 Å². The fourth-order valence-electron chi connectivity index (χ4n) is 0.186. The Kier molecular flexibility index (Phi) is 2.92. The molecule has 0 saturated carbocycles. The molecule has 0 unspecified atom stereocenters. The average molecular weight is 74.0 g/mol. The second-order valence-electron chi connectivity index (χ2n) is 0.698. The number of nitrogens with one attached hydrogen (secondary N) is 1. The minimum Gasteiger partial charge on any atom is -0.444 e. The van der Waals surface area contributed by atoms with Crippen LogP contribution in [0, 0.1) is 6.20 Å². The molecule has 0 aliphatic carbocycles. The monoisotopic (exact) mass is 74.0 g/mol. The topological polar surface area (TPSA) is 28.7 Å². The smallest absolute Gasteiger partial charge is 0.444 e. The Morgan fingerprint density at radius 3 is 2.67 bits per heavy atom. The van der Waals surface area contributed by atoms with Crippen LogP contribution in [0.15, 0.2) is 12.5 Å². The zero-order valence-corrected chi connectivity index (χ0v) is 3.60. The summed E-state index contributed by atoms with van der Waals surface area (Å²) in [5.74, 6) is 0. The molecule has 0 bridgehead atoms. The summed E-state index contributed by atoms with van der Waals surface area (Å²) < 4.78 is 0. The molecule has 0 spiro atoms. The van der Waals surface area contributed by atoms with Gasteiger partial charge in [0.15, 0.2) is 0 Å². The Balaban J connectivity index is 0.000000250. The normalized spacial score (nSPS) is 6.67. The average Bonchev–Trinajstić information content (AvgIpc) is 1.76. The summed E-state index contributed by atoms with van der Waals surface area (Å²) in [6.07, 6.45) is 5.76. The number of aromatic nitrogens is 2. The molecule has 3 heteroatoms. The van der Waals surface area contributed by atoms with Crippen molar-refractivity contribution in [2.45, 2.75) is 0 Å². The third-order valence-corrected chi connectivity index (χ3v) is 0.362. The fraction of sp³-hybridized carbons (Fsp3) is 0.